The number of benzene rings is 1. The number of anilines is 4. The van der Waals surface area contributed by atoms with Crippen molar-refractivity contribution in [3.63, 3.8) is 0 Å². The third-order valence-electron chi connectivity index (χ3n) is 6.47. The van der Waals surface area contributed by atoms with E-state index in [1.807, 2.05) is 18.2 Å². The van der Waals surface area contributed by atoms with Crippen LogP contribution in [0.25, 0.3) is 10.8 Å². The first-order valence-electron chi connectivity index (χ1n) is 11.5. The van der Waals surface area contributed by atoms with Gasteiger partial charge in [0.25, 0.3) is 5.56 Å². The van der Waals surface area contributed by atoms with E-state index in [0.717, 1.165) is 80.4 Å². The van der Waals surface area contributed by atoms with Crippen LogP contribution in [0.2, 0.25) is 0 Å². The summed E-state index contributed by atoms with van der Waals surface area (Å²) in [5, 5.41) is 4.82. The van der Waals surface area contributed by atoms with E-state index in [2.05, 4.69) is 60.0 Å². The highest BCUT2D eigenvalue weighted by Gasteiger charge is 2.20. The predicted octanol–water partition coefficient (Wildman–Crippen LogP) is 3.41. The Morgan fingerprint density at radius 2 is 1.79 bits per heavy atom. The molecule has 0 amide bonds. The van der Waals surface area contributed by atoms with Crippen molar-refractivity contribution < 1.29 is 4.74 Å². The molecular formula is C24H29BrN6O2. The number of rotatable bonds is 5. The molecule has 8 nitrogen and oxygen atoms in total. The van der Waals surface area contributed by atoms with Gasteiger partial charge in [0.2, 0.25) is 0 Å². The van der Waals surface area contributed by atoms with Crippen LogP contribution in [0.4, 0.5) is 23.0 Å². The van der Waals surface area contributed by atoms with Crippen molar-refractivity contribution in [1.29, 1.82) is 0 Å². The quantitative estimate of drug-likeness (QED) is 0.542. The number of fused-ring (bicyclic) bond motifs is 1. The van der Waals surface area contributed by atoms with Gasteiger partial charge in [-0.2, -0.15) is 0 Å². The third kappa shape index (κ3) is 4.71. The minimum atomic E-state index is -0.157. The number of morpholine rings is 1. The number of ether oxygens (including phenoxy) is 1. The van der Waals surface area contributed by atoms with Crippen LogP contribution in [0.3, 0.4) is 0 Å². The highest BCUT2D eigenvalue weighted by atomic mass is 79.9. The number of aromatic nitrogens is 2. The van der Waals surface area contributed by atoms with Crippen LogP contribution in [0.5, 0.6) is 0 Å². The van der Waals surface area contributed by atoms with Crippen LogP contribution in [0.15, 0.2) is 45.8 Å². The molecule has 2 aliphatic heterocycles. The van der Waals surface area contributed by atoms with E-state index in [9.17, 15) is 4.79 Å². The Hall–Kier alpha value is -2.62. The van der Waals surface area contributed by atoms with Gasteiger partial charge < -0.3 is 29.7 Å². The predicted molar refractivity (Wildman–Crippen MR) is 137 cm³/mol. The molecule has 9 heteroatoms. The van der Waals surface area contributed by atoms with Gasteiger partial charge in [-0.1, -0.05) is 6.92 Å². The van der Waals surface area contributed by atoms with E-state index in [0.29, 0.717) is 11.2 Å². The van der Waals surface area contributed by atoms with Gasteiger partial charge in [0, 0.05) is 66.7 Å². The molecule has 2 fully saturated rings. The third-order valence-corrected chi connectivity index (χ3v) is 7.13. The average Bonchev–Trinajstić information content (AvgIpc) is 2.87. The molecule has 0 saturated carbocycles. The molecule has 1 aromatic carbocycles. The Labute approximate surface area is 201 Å². The lowest BCUT2D eigenvalue weighted by Gasteiger charge is -2.35. The van der Waals surface area contributed by atoms with Gasteiger partial charge in [-0.05, 0) is 52.8 Å². The second-order valence-corrected chi connectivity index (χ2v) is 9.26. The molecule has 0 unspecified atom stereocenters. The molecule has 5 rings (SSSR count). The molecule has 4 heterocycles. The Morgan fingerprint density at radius 3 is 2.48 bits per heavy atom. The van der Waals surface area contributed by atoms with E-state index >= 15 is 0 Å². The van der Waals surface area contributed by atoms with E-state index in [1.165, 1.54) is 5.69 Å². The van der Waals surface area contributed by atoms with Crippen molar-refractivity contribution in [2.24, 2.45) is 0 Å². The largest absolute Gasteiger partial charge is 0.378 e. The summed E-state index contributed by atoms with van der Waals surface area (Å²) in [5.41, 5.74) is 1.91. The molecule has 3 aromatic rings. The lowest BCUT2D eigenvalue weighted by Crippen LogP contribution is -2.46. The molecule has 33 heavy (non-hydrogen) atoms. The van der Waals surface area contributed by atoms with Crippen molar-refractivity contribution in [2.75, 3.05) is 74.1 Å². The van der Waals surface area contributed by atoms with E-state index in [1.54, 1.807) is 6.20 Å². The van der Waals surface area contributed by atoms with Crippen LogP contribution >= 0.6 is 15.9 Å². The van der Waals surface area contributed by atoms with Crippen LogP contribution in [0.1, 0.15) is 6.92 Å². The van der Waals surface area contributed by atoms with Gasteiger partial charge in [-0.25, -0.2) is 4.98 Å². The van der Waals surface area contributed by atoms with Crippen molar-refractivity contribution in [1.82, 2.24) is 14.9 Å². The summed E-state index contributed by atoms with van der Waals surface area (Å²) in [7, 11) is 0. The smallest absolute Gasteiger partial charge is 0.259 e. The second-order valence-electron chi connectivity index (χ2n) is 8.41. The topological polar surface area (TPSA) is 76.7 Å². The minimum absolute atomic E-state index is 0.157. The van der Waals surface area contributed by atoms with Gasteiger partial charge in [0.05, 0.1) is 18.6 Å². The number of hydrogen-bond acceptors (Lipinski definition) is 7. The van der Waals surface area contributed by atoms with E-state index < -0.39 is 0 Å². The molecule has 0 bridgehead atoms. The van der Waals surface area contributed by atoms with Crippen molar-refractivity contribution in [2.45, 2.75) is 6.92 Å². The van der Waals surface area contributed by atoms with Crippen LogP contribution < -0.4 is 20.7 Å². The monoisotopic (exact) mass is 512 g/mol. The van der Waals surface area contributed by atoms with Gasteiger partial charge in [0.1, 0.15) is 11.6 Å². The maximum atomic E-state index is 12.8. The number of piperazine rings is 1. The summed E-state index contributed by atoms with van der Waals surface area (Å²) < 4.78 is 6.30. The standard InChI is InChI=1S/C24H29BrN6O2/c1-2-29-7-9-31(10-8-29)21-15-19-20(25)16-26-24(32)22(19)23(28-21)27-17-3-5-18(6-4-17)30-11-13-33-14-12-30/h3-6,15-16H,2,7-14H2,1H3,(H,26,32)(H,27,28). The number of pyridine rings is 2. The van der Waals surface area contributed by atoms with Crippen molar-refractivity contribution in [3.05, 3.63) is 51.4 Å². The van der Waals surface area contributed by atoms with Crippen LogP contribution in [-0.4, -0.2) is 73.9 Å². The summed E-state index contributed by atoms with van der Waals surface area (Å²) in [6.45, 7) is 10.4. The van der Waals surface area contributed by atoms with Crippen LogP contribution in [-0.2, 0) is 4.74 Å². The Kier molecular flexibility index (Phi) is 6.52. The maximum Gasteiger partial charge on any atom is 0.259 e. The van der Waals surface area contributed by atoms with E-state index in [4.69, 9.17) is 9.72 Å². The number of aromatic amines is 1. The highest BCUT2D eigenvalue weighted by molar-refractivity contribution is 9.10. The van der Waals surface area contributed by atoms with Crippen molar-refractivity contribution in [3.8, 4) is 0 Å². The van der Waals surface area contributed by atoms with Crippen molar-refractivity contribution >= 4 is 49.7 Å². The number of nitrogens with zero attached hydrogens (tertiary/aromatic N) is 4. The summed E-state index contributed by atoms with van der Waals surface area (Å²) in [6, 6.07) is 10.3. The first kappa shape index (κ1) is 22.2. The molecule has 2 aromatic heterocycles. The highest BCUT2D eigenvalue weighted by Crippen LogP contribution is 2.31. The average molecular weight is 513 g/mol. The minimum Gasteiger partial charge on any atom is -0.378 e. The number of hydrogen-bond donors (Lipinski definition) is 2. The zero-order valence-electron chi connectivity index (χ0n) is 18.8. The summed E-state index contributed by atoms with van der Waals surface area (Å²) >= 11 is 3.61. The molecule has 0 aliphatic carbocycles. The van der Waals surface area contributed by atoms with Gasteiger partial charge >= 0.3 is 0 Å². The summed E-state index contributed by atoms with van der Waals surface area (Å²) in [6.07, 6.45) is 1.70. The number of halogens is 1. The fourth-order valence-corrected chi connectivity index (χ4v) is 4.92. The summed E-state index contributed by atoms with van der Waals surface area (Å²) in [4.78, 5) is 27.6. The number of H-pyrrole nitrogens is 1. The molecule has 0 radical (unpaired) electrons. The molecule has 0 atom stereocenters. The molecule has 0 spiro atoms. The zero-order valence-corrected chi connectivity index (χ0v) is 20.4. The molecule has 2 aliphatic rings. The molecule has 174 valence electrons. The normalized spacial score (nSPS) is 17.5. The Morgan fingerprint density at radius 1 is 1.06 bits per heavy atom. The van der Waals surface area contributed by atoms with Crippen LogP contribution in [0, 0.1) is 0 Å². The van der Waals surface area contributed by atoms with E-state index in [-0.39, 0.29) is 5.56 Å². The zero-order chi connectivity index (χ0) is 22.8. The second kappa shape index (κ2) is 9.70. The molecule has 2 saturated heterocycles. The van der Waals surface area contributed by atoms with Gasteiger partial charge in [0.15, 0.2) is 0 Å². The summed E-state index contributed by atoms with van der Waals surface area (Å²) in [5.74, 6) is 1.46. The lowest BCUT2D eigenvalue weighted by atomic mass is 10.2. The van der Waals surface area contributed by atoms with Gasteiger partial charge in [-0.3, -0.25) is 4.79 Å². The Bertz CT molecular complexity index is 1170. The first-order valence-corrected chi connectivity index (χ1v) is 12.3. The first-order chi connectivity index (χ1) is 16.1. The lowest BCUT2D eigenvalue weighted by molar-refractivity contribution is 0.122. The number of likely N-dealkylation sites (N-methyl/N-ethyl adjacent to an activating group) is 1. The van der Waals surface area contributed by atoms with Gasteiger partial charge in [-0.15, -0.1) is 0 Å². The fourth-order valence-electron chi connectivity index (χ4n) is 4.49. The Balaban J connectivity index is 1.47. The fraction of sp³-hybridized carbons (Fsp3) is 0.417. The molecular weight excluding hydrogens is 484 g/mol. The number of nitrogens with one attached hydrogen (secondary N) is 2. The molecule has 2 N–H and O–H groups in total. The maximum absolute atomic E-state index is 12.8. The SMILES string of the molecule is CCN1CCN(c2cc3c(Br)c[nH]c(=O)c3c(Nc3ccc(N4CCOCC4)cc3)n2)CC1.